The van der Waals surface area contributed by atoms with Gasteiger partial charge in [-0.25, -0.2) is 4.79 Å². The summed E-state index contributed by atoms with van der Waals surface area (Å²) < 4.78 is 69.5. The van der Waals surface area contributed by atoms with E-state index in [0.717, 1.165) is 37.3 Å². The summed E-state index contributed by atoms with van der Waals surface area (Å²) in [6, 6.07) is 1.83. The molecule has 4 bridgehead atoms. The van der Waals surface area contributed by atoms with E-state index in [1.807, 2.05) is 25.7 Å². The number of ketones is 1. The van der Waals surface area contributed by atoms with Crippen molar-refractivity contribution >= 4 is 17.8 Å². The van der Waals surface area contributed by atoms with Crippen molar-refractivity contribution in [2.45, 2.75) is 121 Å². The van der Waals surface area contributed by atoms with E-state index in [2.05, 4.69) is 29.3 Å². The van der Waals surface area contributed by atoms with E-state index in [0.29, 0.717) is 13.0 Å². The predicted molar refractivity (Wildman–Crippen MR) is 144 cm³/mol. The van der Waals surface area contributed by atoms with Crippen LogP contribution in [-0.4, -0.2) is 64.9 Å². The number of aliphatic carboxylic acids is 1. The van der Waals surface area contributed by atoms with Gasteiger partial charge in [-0.05, 0) is 52.9 Å². The average Bonchev–Trinajstić information content (AvgIpc) is 3.38. The van der Waals surface area contributed by atoms with Crippen LogP contribution in [0.4, 0.5) is 31.1 Å². The molecular formula is C30H38F6N2O5. The number of nitrogens with two attached hydrogens (primary N) is 1. The van der Waals surface area contributed by atoms with Crippen LogP contribution < -0.4 is 10.4 Å². The quantitative estimate of drug-likeness (QED) is 0.326. The van der Waals surface area contributed by atoms with Crippen molar-refractivity contribution in [1.82, 2.24) is 4.90 Å². The zero-order valence-electron chi connectivity index (χ0n) is 24.6. The van der Waals surface area contributed by atoms with E-state index in [-0.39, 0.29) is 18.2 Å². The molecule has 0 spiro atoms. The van der Waals surface area contributed by atoms with Crippen LogP contribution in [-0.2, 0) is 14.3 Å². The summed E-state index contributed by atoms with van der Waals surface area (Å²) in [5, 5.41) is 11.2. The fourth-order valence-electron chi connectivity index (χ4n) is 4.97. The lowest BCUT2D eigenvalue weighted by Crippen LogP contribution is -2.91. The number of hydrogen-bond acceptors (Lipinski definition) is 5. The number of hydrogen-bond donors (Lipinski definition) is 1. The van der Waals surface area contributed by atoms with Gasteiger partial charge in [0.05, 0.1) is 17.7 Å². The van der Waals surface area contributed by atoms with Crippen molar-refractivity contribution in [1.29, 1.82) is 0 Å². The largest absolute Gasteiger partial charge is 0.542 e. The number of terminal acetylenes is 2. The van der Waals surface area contributed by atoms with E-state index in [4.69, 9.17) is 27.5 Å². The van der Waals surface area contributed by atoms with Gasteiger partial charge in [0.15, 0.2) is 0 Å². The minimum Gasteiger partial charge on any atom is -0.542 e. The number of rotatable bonds is 0. The lowest BCUT2D eigenvalue weighted by Gasteiger charge is -2.31. The molecule has 4 aliphatic heterocycles. The van der Waals surface area contributed by atoms with Crippen molar-refractivity contribution in [3.8, 4) is 24.7 Å². The molecule has 1 amide bonds. The van der Waals surface area contributed by atoms with Gasteiger partial charge in [-0.2, -0.15) is 26.3 Å². The zero-order chi connectivity index (χ0) is 33.2. The number of Topliss-reactive ketones (excluding diaryl/α,β-unsaturated/α-hetero) is 1. The van der Waals surface area contributed by atoms with Crippen LogP contribution in [0.3, 0.4) is 0 Å². The lowest BCUT2D eigenvalue weighted by molar-refractivity contribution is -0.693. The van der Waals surface area contributed by atoms with Crippen LogP contribution in [0.5, 0.6) is 0 Å². The Morgan fingerprint density at radius 3 is 1.86 bits per heavy atom. The number of amides is 1. The number of carbonyl (C=O) groups excluding carboxylic acids is 3. The first-order valence-electron chi connectivity index (χ1n) is 13.8. The van der Waals surface area contributed by atoms with Crippen LogP contribution in [0.25, 0.3) is 0 Å². The van der Waals surface area contributed by atoms with Gasteiger partial charge in [0.2, 0.25) is 5.78 Å². The monoisotopic (exact) mass is 620 g/mol. The number of carboxylic acids is 1. The average molecular weight is 621 g/mol. The second-order valence-corrected chi connectivity index (χ2v) is 11.4. The predicted octanol–water partition coefficient (Wildman–Crippen LogP) is 3.98. The zero-order valence-corrected chi connectivity index (χ0v) is 24.6. The van der Waals surface area contributed by atoms with Gasteiger partial charge in [-0.1, -0.05) is 24.0 Å². The highest BCUT2D eigenvalue weighted by molar-refractivity contribution is 5.81. The first-order chi connectivity index (χ1) is 19.7. The second-order valence-electron chi connectivity index (χ2n) is 11.4. The van der Waals surface area contributed by atoms with E-state index in [1.165, 1.54) is 31.3 Å². The molecule has 4 heterocycles. The van der Waals surface area contributed by atoms with Crippen molar-refractivity contribution in [3.05, 3.63) is 23.3 Å². The third-order valence-corrected chi connectivity index (χ3v) is 6.95. The summed E-state index contributed by atoms with van der Waals surface area (Å²) in [6.45, 7) is 6.16. The maximum Gasteiger partial charge on any atom is 0.449 e. The van der Waals surface area contributed by atoms with E-state index in [1.54, 1.807) is 0 Å². The molecule has 7 nitrogen and oxygen atoms in total. The molecular weight excluding hydrogens is 582 g/mol. The minimum atomic E-state index is -5.19. The molecule has 13 heteroatoms. The smallest absolute Gasteiger partial charge is 0.449 e. The standard InChI is InChI=1S/C15H21NO2.C10H13N.C3H3F3O.C2HF3O2/c1-5-11-7-6-8-12-9-10-13(11)16(12)14(17)18-15(2,3)4;1-2-8-4-3-5-9-6-7-10(8)11-9;1-2(7)3(4,5)6;3-2(4,5)1(6)7/h1,7,12-13H,6,8-10H2,2-4H3;1,4,9-11H,3,5-7H2;1H3;(H,6,7)/t12-,13?;9-,10?;;/m00../s1. The molecule has 2 fully saturated rings. The SMILES string of the molecule is C#CC1=CCC[C@H]2CCC1N2C(=O)OC(C)(C)C.C#CC1=CCC[C@H]2CCC1[NH2+]2.CC(=O)C(F)(F)F.O=C([O-])C(F)(F)F. The highest BCUT2D eigenvalue weighted by Gasteiger charge is 2.41. The lowest BCUT2D eigenvalue weighted by atomic mass is 10.0. The number of fused-ring (bicyclic) bond motifs is 4. The highest BCUT2D eigenvalue weighted by Crippen LogP contribution is 2.35. The molecule has 0 aliphatic carbocycles. The Morgan fingerprint density at radius 1 is 0.884 bits per heavy atom. The highest BCUT2D eigenvalue weighted by atomic mass is 19.4. The fourth-order valence-corrected chi connectivity index (χ4v) is 4.97. The Morgan fingerprint density at radius 2 is 1.40 bits per heavy atom. The first-order valence-corrected chi connectivity index (χ1v) is 13.8. The number of carboxylic acid groups (broad SMARTS) is 1. The Labute approximate surface area is 248 Å². The van der Waals surface area contributed by atoms with Gasteiger partial charge < -0.3 is 20.0 Å². The van der Waals surface area contributed by atoms with Gasteiger partial charge in [0.25, 0.3) is 0 Å². The molecule has 4 atom stereocenters. The Hall–Kier alpha value is -3.45. The first kappa shape index (κ1) is 37.6. The molecule has 240 valence electrons. The minimum absolute atomic E-state index is 0.0531. The molecule has 0 aromatic heterocycles. The fraction of sp³-hybridized carbons (Fsp3) is 0.633. The van der Waals surface area contributed by atoms with E-state index >= 15 is 0 Å². The Kier molecular flexibility index (Phi) is 13.9. The number of quaternary nitrogens is 1. The molecule has 4 rings (SSSR count). The number of nitrogens with zero attached hydrogens (tertiary/aromatic N) is 1. The van der Waals surface area contributed by atoms with Gasteiger partial charge >= 0.3 is 18.4 Å². The van der Waals surface area contributed by atoms with Crippen LogP contribution in [0.2, 0.25) is 0 Å². The number of carbonyl (C=O) groups is 3. The molecule has 4 aliphatic rings. The normalized spacial score (nSPS) is 24.2. The molecule has 43 heavy (non-hydrogen) atoms. The molecule has 0 aromatic rings. The van der Waals surface area contributed by atoms with E-state index < -0.39 is 29.7 Å². The number of ether oxygens (including phenoxy) is 1. The summed E-state index contributed by atoms with van der Waals surface area (Å²) >= 11 is 0. The van der Waals surface area contributed by atoms with Crippen molar-refractivity contribution in [2.24, 2.45) is 0 Å². The third kappa shape index (κ3) is 12.8. The molecule has 2 unspecified atom stereocenters. The van der Waals surface area contributed by atoms with Crippen molar-refractivity contribution < 1.29 is 55.9 Å². The van der Waals surface area contributed by atoms with Gasteiger partial charge in [0, 0.05) is 37.8 Å². The summed E-state index contributed by atoms with van der Waals surface area (Å²) in [5.41, 5.74) is 1.73. The van der Waals surface area contributed by atoms with Crippen molar-refractivity contribution in [2.75, 3.05) is 0 Å². The maximum absolute atomic E-state index is 12.3. The number of alkyl halides is 6. The molecule has 0 aromatic carbocycles. The van der Waals surface area contributed by atoms with Crippen LogP contribution in [0, 0.1) is 24.7 Å². The number of allylic oxidation sites excluding steroid dienone is 2. The second kappa shape index (κ2) is 15.9. The molecule has 0 radical (unpaired) electrons. The Bertz CT molecular complexity index is 1110. The van der Waals surface area contributed by atoms with Crippen LogP contribution >= 0.6 is 0 Å². The molecule has 0 saturated carbocycles. The van der Waals surface area contributed by atoms with Gasteiger partial charge in [-0.3, -0.25) is 9.69 Å². The van der Waals surface area contributed by atoms with Crippen LogP contribution in [0.15, 0.2) is 23.3 Å². The third-order valence-electron chi connectivity index (χ3n) is 6.95. The summed E-state index contributed by atoms with van der Waals surface area (Å²) in [6.07, 6.45) is 14.4. The molecule has 2 saturated heterocycles. The summed E-state index contributed by atoms with van der Waals surface area (Å²) in [4.78, 5) is 32.3. The van der Waals surface area contributed by atoms with Crippen molar-refractivity contribution in [3.63, 3.8) is 0 Å². The van der Waals surface area contributed by atoms with Gasteiger partial charge in [0.1, 0.15) is 17.6 Å². The molecule has 2 N–H and O–H groups in total. The van der Waals surface area contributed by atoms with Gasteiger partial charge in [-0.15, -0.1) is 12.8 Å². The topological polar surface area (TPSA) is 103 Å². The van der Waals surface area contributed by atoms with Crippen LogP contribution in [0.1, 0.15) is 79.1 Å². The Balaban J connectivity index is 0.000000316. The summed E-state index contributed by atoms with van der Waals surface area (Å²) in [5.74, 6) is 0.768. The number of halogens is 6. The summed E-state index contributed by atoms with van der Waals surface area (Å²) in [7, 11) is 0. The maximum atomic E-state index is 12.3. The van der Waals surface area contributed by atoms with E-state index in [9.17, 15) is 35.9 Å².